The second-order valence-electron chi connectivity index (χ2n) is 8.66. The van der Waals surface area contributed by atoms with Gasteiger partial charge >= 0.3 is 6.18 Å². The second-order valence-corrected chi connectivity index (χ2v) is 9.86. The molecule has 0 aromatic carbocycles. The second kappa shape index (κ2) is 10.1. The van der Waals surface area contributed by atoms with Crippen LogP contribution in [0.4, 0.5) is 27.9 Å². The summed E-state index contributed by atoms with van der Waals surface area (Å²) in [6.45, 7) is 2.37. The lowest BCUT2D eigenvalue weighted by Crippen LogP contribution is -2.57. The van der Waals surface area contributed by atoms with Crippen LogP contribution in [0.15, 0.2) is 30.6 Å². The fourth-order valence-corrected chi connectivity index (χ4v) is 5.14. The molecular formula is C23H23F5N6O2S. The Balaban J connectivity index is 1.62. The lowest BCUT2D eigenvalue weighted by molar-refractivity contribution is -0.139. The Hall–Kier alpha value is -3.42. The number of likely N-dealkylation sites (tertiary alicyclic amines) is 1. The van der Waals surface area contributed by atoms with Gasteiger partial charge in [-0.25, -0.2) is 18.7 Å². The zero-order chi connectivity index (χ0) is 27.0. The van der Waals surface area contributed by atoms with Crippen LogP contribution < -0.4 is 10.1 Å². The number of ether oxygens (including phenoxy) is 1. The largest absolute Gasteiger partial charge is 0.480 e. The van der Waals surface area contributed by atoms with Crippen LogP contribution in [0, 0.1) is 12.8 Å². The maximum atomic E-state index is 14.6. The summed E-state index contributed by atoms with van der Waals surface area (Å²) in [5, 5.41) is 3.34. The van der Waals surface area contributed by atoms with Crippen LogP contribution in [-0.2, 0) is 6.18 Å². The van der Waals surface area contributed by atoms with Crippen LogP contribution in [0.3, 0.4) is 0 Å². The van der Waals surface area contributed by atoms with Crippen molar-refractivity contribution in [3.8, 4) is 16.5 Å². The number of amides is 1. The molecule has 0 bridgehead atoms. The number of piperidine rings is 1. The third kappa shape index (κ3) is 5.78. The Bertz CT molecular complexity index is 1270. The van der Waals surface area contributed by atoms with E-state index in [9.17, 15) is 26.7 Å². The smallest absolute Gasteiger partial charge is 0.423 e. The molecule has 0 aliphatic carbocycles. The lowest BCUT2D eigenvalue weighted by Gasteiger charge is -2.43. The number of nitrogens with zero attached hydrogens (tertiary/aromatic N) is 5. The Morgan fingerprint density at radius 3 is 2.68 bits per heavy atom. The van der Waals surface area contributed by atoms with Crippen molar-refractivity contribution in [3.05, 3.63) is 46.9 Å². The van der Waals surface area contributed by atoms with Crippen LogP contribution in [0.2, 0.25) is 0 Å². The fraction of sp³-hybridized carbons (Fsp3) is 0.435. The quantitative estimate of drug-likeness (QED) is 0.442. The molecule has 8 nitrogen and oxygen atoms in total. The molecule has 14 heteroatoms. The maximum absolute atomic E-state index is 14.6. The molecular weight excluding hydrogens is 519 g/mol. The highest BCUT2D eigenvalue weighted by Gasteiger charge is 2.47. The molecule has 4 heterocycles. The summed E-state index contributed by atoms with van der Waals surface area (Å²) in [6, 6.07) is 4.41. The minimum atomic E-state index is -4.71. The lowest BCUT2D eigenvalue weighted by atomic mass is 9.88. The van der Waals surface area contributed by atoms with Crippen molar-refractivity contribution < 1.29 is 31.5 Å². The van der Waals surface area contributed by atoms with E-state index in [4.69, 9.17) is 4.74 Å². The molecule has 2 atom stereocenters. The minimum Gasteiger partial charge on any atom is -0.480 e. The van der Waals surface area contributed by atoms with Crippen LogP contribution in [0.1, 0.15) is 34.4 Å². The molecule has 1 fully saturated rings. The number of thiazole rings is 1. The average molecular weight is 543 g/mol. The summed E-state index contributed by atoms with van der Waals surface area (Å²) in [7, 11) is 1.04. The topological polar surface area (TPSA) is 93.1 Å². The number of hydrogen-bond donors (Lipinski definition) is 1. The van der Waals surface area contributed by atoms with E-state index < -0.39 is 54.4 Å². The van der Waals surface area contributed by atoms with Crippen molar-refractivity contribution in [1.82, 2.24) is 24.8 Å². The first-order valence-electron chi connectivity index (χ1n) is 11.2. The van der Waals surface area contributed by atoms with Crippen molar-refractivity contribution in [3.63, 3.8) is 0 Å². The van der Waals surface area contributed by atoms with Gasteiger partial charge in [-0.2, -0.15) is 18.2 Å². The van der Waals surface area contributed by atoms with E-state index in [1.807, 2.05) is 0 Å². The third-order valence-corrected chi connectivity index (χ3v) is 6.89. The molecule has 0 unspecified atom stereocenters. The first-order valence-corrected chi connectivity index (χ1v) is 12.0. The van der Waals surface area contributed by atoms with Gasteiger partial charge in [0.15, 0.2) is 0 Å². The molecule has 3 aromatic rings. The van der Waals surface area contributed by atoms with Crippen molar-refractivity contribution in [1.29, 1.82) is 0 Å². The Morgan fingerprint density at radius 2 is 2.03 bits per heavy atom. The number of rotatable bonds is 6. The number of methoxy groups -OCH3 is 1. The van der Waals surface area contributed by atoms with Gasteiger partial charge in [0.25, 0.3) is 11.8 Å². The van der Waals surface area contributed by atoms with E-state index in [-0.39, 0.29) is 18.2 Å². The number of pyridine rings is 1. The van der Waals surface area contributed by atoms with Gasteiger partial charge in [0, 0.05) is 25.4 Å². The molecule has 0 spiro atoms. The number of alkyl halides is 5. The first-order chi connectivity index (χ1) is 17.4. The molecule has 1 amide bonds. The number of anilines is 1. The number of halogens is 5. The molecule has 0 saturated carbocycles. The third-order valence-electron chi connectivity index (χ3n) is 5.90. The summed E-state index contributed by atoms with van der Waals surface area (Å²) < 4.78 is 73.3. The number of hydrogen-bond acceptors (Lipinski definition) is 8. The fourth-order valence-electron chi connectivity index (χ4n) is 4.26. The van der Waals surface area contributed by atoms with Crippen LogP contribution in [-0.4, -0.2) is 62.9 Å². The van der Waals surface area contributed by atoms with Gasteiger partial charge in [-0.3, -0.25) is 9.78 Å². The molecule has 1 aliphatic rings. The zero-order valence-electron chi connectivity index (χ0n) is 20.0. The Labute approximate surface area is 212 Å². The summed E-state index contributed by atoms with van der Waals surface area (Å²) in [4.78, 5) is 31.2. The zero-order valence-corrected chi connectivity index (χ0v) is 20.8. The van der Waals surface area contributed by atoms with Crippen molar-refractivity contribution in [2.75, 3.05) is 25.5 Å². The number of carbonyl (C=O) groups is 1. The SMILES string of the molecule is COc1nc(NC[C@@H]2[C@H](C)CC(F)(F)CN2C(=O)c2nc(C)sc2-c2ccccn2)ncc1C(F)(F)F. The highest BCUT2D eigenvalue weighted by Crippen LogP contribution is 2.38. The van der Waals surface area contributed by atoms with E-state index in [1.165, 1.54) is 11.3 Å². The van der Waals surface area contributed by atoms with E-state index in [0.29, 0.717) is 21.8 Å². The molecule has 1 aliphatic heterocycles. The highest BCUT2D eigenvalue weighted by molar-refractivity contribution is 7.15. The van der Waals surface area contributed by atoms with Crippen molar-refractivity contribution in [2.45, 2.75) is 38.4 Å². The number of nitrogens with one attached hydrogen (secondary N) is 1. The monoisotopic (exact) mass is 542 g/mol. The van der Waals surface area contributed by atoms with Gasteiger partial charge in [0.2, 0.25) is 11.8 Å². The predicted octanol–water partition coefficient (Wildman–Crippen LogP) is 4.93. The molecule has 0 radical (unpaired) electrons. The van der Waals surface area contributed by atoms with E-state index in [1.54, 1.807) is 38.2 Å². The normalized spacial score (nSPS) is 19.5. The number of aromatic nitrogens is 4. The van der Waals surface area contributed by atoms with Crippen LogP contribution in [0.5, 0.6) is 5.88 Å². The molecule has 37 heavy (non-hydrogen) atoms. The molecule has 3 aromatic heterocycles. The summed E-state index contributed by atoms with van der Waals surface area (Å²) >= 11 is 1.23. The van der Waals surface area contributed by atoms with Gasteiger partial charge in [0.1, 0.15) is 11.3 Å². The molecule has 1 N–H and O–H groups in total. The Kier molecular flexibility index (Phi) is 7.31. The van der Waals surface area contributed by atoms with Gasteiger partial charge in [-0.05, 0) is 25.0 Å². The molecule has 198 valence electrons. The standard InChI is InChI=1S/C23H23F5N6O2S/c1-12-8-22(24,25)11-34(20(35)17-18(37-13(2)32-17)15-6-4-5-7-29-15)16(12)10-31-21-30-9-14(23(26,27)28)19(33-21)36-3/h4-7,9,12,16H,8,10-11H2,1-3H3,(H,30,31,33)/t12-,16-/m1/s1. The molecule has 1 saturated heterocycles. The summed E-state index contributed by atoms with van der Waals surface area (Å²) in [5.74, 6) is -5.35. The van der Waals surface area contributed by atoms with E-state index >= 15 is 0 Å². The molecule has 4 rings (SSSR count). The first kappa shape index (κ1) is 26.6. The van der Waals surface area contributed by atoms with E-state index in [0.717, 1.165) is 12.0 Å². The van der Waals surface area contributed by atoms with Crippen molar-refractivity contribution >= 4 is 23.2 Å². The summed E-state index contributed by atoms with van der Waals surface area (Å²) in [6.07, 6.45) is -3.05. The van der Waals surface area contributed by atoms with E-state index in [2.05, 4.69) is 25.3 Å². The predicted molar refractivity (Wildman–Crippen MR) is 126 cm³/mol. The van der Waals surface area contributed by atoms with Gasteiger partial charge in [-0.1, -0.05) is 13.0 Å². The Morgan fingerprint density at radius 1 is 1.27 bits per heavy atom. The minimum absolute atomic E-state index is 0.0172. The van der Waals surface area contributed by atoms with Gasteiger partial charge in [0.05, 0.1) is 35.3 Å². The van der Waals surface area contributed by atoms with Crippen molar-refractivity contribution in [2.24, 2.45) is 5.92 Å². The number of aryl methyl sites for hydroxylation is 1. The van der Waals surface area contributed by atoms with Gasteiger partial charge < -0.3 is 15.0 Å². The number of carbonyl (C=O) groups excluding carboxylic acids is 1. The maximum Gasteiger partial charge on any atom is 0.423 e. The average Bonchev–Trinajstić information content (AvgIpc) is 3.23. The summed E-state index contributed by atoms with van der Waals surface area (Å²) in [5.41, 5.74) is -0.638. The van der Waals surface area contributed by atoms with Gasteiger partial charge in [-0.15, -0.1) is 11.3 Å². The van der Waals surface area contributed by atoms with Crippen LogP contribution in [0.25, 0.3) is 10.6 Å². The van der Waals surface area contributed by atoms with Crippen LogP contribution >= 0.6 is 11.3 Å². The highest BCUT2D eigenvalue weighted by atomic mass is 32.1.